The highest BCUT2D eigenvalue weighted by molar-refractivity contribution is 5.66. The zero-order chi connectivity index (χ0) is 16.1. The molecule has 1 atom stereocenters. The molecule has 21 heavy (non-hydrogen) atoms. The maximum Gasteiger partial charge on any atom is 0.409 e. The van der Waals surface area contributed by atoms with Crippen molar-refractivity contribution < 1.29 is 9.53 Å². The van der Waals surface area contributed by atoms with E-state index in [2.05, 4.69) is 20.8 Å². The average Bonchev–Trinajstić information content (AvgIpc) is 2.45. The van der Waals surface area contributed by atoms with Crippen LogP contribution in [0.3, 0.4) is 0 Å². The summed E-state index contributed by atoms with van der Waals surface area (Å²) in [5.74, 6) is 0.516. The standard InChI is InChI=1S/C18H37NO2/c1-6-8-10-12-14-17(15-13-11-9-7-2)16(3)21-18(20)19(4)5/h16-17H,6-15H2,1-5H3. The van der Waals surface area contributed by atoms with E-state index in [1.807, 2.05) is 0 Å². The highest BCUT2D eigenvalue weighted by Crippen LogP contribution is 2.24. The smallest absolute Gasteiger partial charge is 0.409 e. The number of nitrogens with zero attached hydrogens (tertiary/aromatic N) is 1. The third kappa shape index (κ3) is 10.6. The molecule has 0 aliphatic rings. The topological polar surface area (TPSA) is 29.5 Å². The molecule has 0 aromatic carbocycles. The van der Waals surface area contributed by atoms with Crippen LogP contribution >= 0.6 is 0 Å². The first-order valence-electron chi connectivity index (χ1n) is 8.90. The van der Waals surface area contributed by atoms with Crippen molar-refractivity contribution in [3.63, 3.8) is 0 Å². The van der Waals surface area contributed by atoms with Crippen molar-refractivity contribution in [3.05, 3.63) is 0 Å². The summed E-state index contributed by atoms with van der Waals surface area (Å²) in [6.45, 7) is 6.54. The van der Waals surface area contributed by atoms with Gasteiger partial charge in [0, 0.05) is 14.1 Å². The van der Waals surface area contributed by atoms with Gasteiger partial charge in [-0.15, -0.1) is 0 Å². The number of ether oxygens (including phenoxy) is 1. The molecule has 126 valence electrons. The Morgan fingerprint density at radius 1 is 0.905 bits per heavy atom. The van der Waals surface area contributed by atoms with Gasteiger partial charge >= 0.3 is 6.09 Å². The van der Waals surface area contributed by atoms with Crippen molar-refractivity contribution >= 4 is 6.09 Å². The van der Waals surface area contributed by atoms with Crippen LogP contribution in [0, 0.1) is 5.92 Å². The van der Waals surface area contributed by atoms with E-state index in [0.29, 0.717) is 5.92 Å². The molecular formula is C18H37NO2. The maximum atomic E-state index is 11.7. The zero-order valence-electron chi connectivity index (χ0n) is 15.0. The van der Waals surface area contributed by atoms with Gasteiger partial charge in [-0.25, -0.2) is 4.79 Å². The average molecular weight is 299 g/mol. The number of hydrogen-bond donors (Lipinski definition) is 0. The lowest BCUT2D eigenvalue weighted by atomic mass is 9.90. The second kappa shape index (κ2) is 13.0. The second-order valence-electron chi connectivity index (χ2n) is 6.44. The number of amides is 1. The Kier molecular flexibility index (Phi) is 12.5. The lowest BCUT2D eigenvalue weighted by Crippen LogP contribution is -2.30. The number of carbonyl (C=O) groups is 1. The van der Waals surface area contributed by atoms with E-state index in [4.69, 9.17) is 4.74 Å². The van der Waals surface area contributed by atoms with Gasteiger partial charge < -0.3 is 9.64 Å². The van der Waals surface area contributed by atoms with E-state index in [1.54, 1.807) is 14.1 Å². The fourth-order valence-corrected chi connectivity index (χ4v) is 2.64. The van der Waals surface area contributed by atoms with Crippen LogP contribution in [-0.2, 0) is 4.74 Å². The lowest BCUT2D eigenvalue weighted by Gasteiger charge is -2.25. The Morgan fingerprint density at radius 3 is 1.76 bits per heavy atom. The fraction of sp³-hybridized carbons (Fsp3) is 0.944. The van der Waals surface area contributed by atoms with Gasteiger partial charge in [0.25, 0.3) is 0 Å². The monoisotopic (exact) mass is 299 g/mol. The van der Waals surface area contributed by atoms with Crippen LogP contribution in [0.15, 0.2) is 0 Å². The van der Waals surface area contributed by atoms with Crippen LogP contribution in [0.1, 0.15) is 85.0 Å². The minimum absolute atomic E-state index is 0.0307. The van der Waals surface area contributed by atoms with Crippen LogP contribution in [0.2, 0.25) is 0 Å². The zero-order valence-corrected chi connectivity index (χ0v) is 15.0. The number of hydrogen-bond acceptors (Lipinski definition) is 2. The molecule has 3 nitrogen and oxygen atoms in total. The van der Waals surface area contributed by atoms with Crippen molar-refractivity contribution in [1.29, 1.82) is 0 Å². The van der Waals surface area contributed by atoms with Crippen molar-refractivity contribution in [2.24, 2.45) is 5.92 Å². The van der Waals surface area contributed by atoms with Crippen molar-refractivity contribution in [3.8, 4) is 0 Å². The summed E-state index contributed by atoms with van der Waals surface area (Å²) in [5.41, 5.74) is 0. The normalized spacial score (nSPS) is 12.5. The van der Waals surface area contributed by atoms with Gasteiger partial charge in [-0.1, -0.05) is 65.2 Å². The van der Waals surface area contributed by atoms with Gasteiger partial charge in [-0.05, 0) is 25.7 Å². The predicted molar refractivity (Wildman–Crippen MR) is 90.6 cm³/mol. The second-order valence-corrected chi connectivity index (χ2v) is 6.44. The Hall–Kier alpha value is -0.730. The predicted octanol–water partition coefficient (Wildman–Crippen LogP) is 5.63. The molecule has 3 heteroatoms. The summed E-state index contributed by atoms with van der Waals surface area (Å²) in [6, 6.07) is 0. The van der Waals surface area contributed by atoms with Gasteiger partial charge in [0.05, 0.1) is 0 Å². The molecule has 0 aromatic heterocycles. The van der Waals surface area contributed by atoms with Gasteiger partial charge in [-0.2, -0.15) is 0 Å². The Balaban J connectivity index is 4.22. The summed E-state index contributed by atoms with van der Waals surface area (Å²) < 4.78 is 5.57. The summed E-state index contributed by atoms with van der Waals surface area (Å²) in [5, 5.41) is 0. The van der Waals surface area contributed by atoms with Gasteiger partial charge in [-0.3, -0.25) is 0 Å². The molecule has 0 aromatic rings. The molecule has 0 radical (unpaired) electrons. The van der Waals surface area contributed by atoms with E-state index in [-0.39, 0.29) is 12.2 Å². The van der Waals surface area contributed by atoms with E-state index >= 15 is 0 Å². The fourth-order valence-electron chi connectivity index (χ4n) is 2.64. The molecule has 0 aliphatic heterocycles. The largest absolute Gasteiger partial charge is 0.446 e. The molecule has 1 amide bonds. The molecule has 0 heterocycles. The summed E-state index contributed by atoms with van der Waals surface area (Å²) in [7, 11) is 3.49. The van der Waals surface area contributed by atoms with Crippen LogP contribution in [-0.4, -0.2) is 31.2 Å². The van der Waals surface area contributed by atoms with Crippen molar-refractivity contribution in [2.75, 3.05) is 14.1 Å². The summed E-state index contributed by atoms with van der Waals surface area (Å²) in [6.07, 6.45) is 12.5. The Bertz CT molecular complexity index is 242. The van der Waals surface area contributed by atoms with Crippen LogP contribution in [0.4, 0.5) is 4.79 Å². The van der Waals surface area contributed by atoms with Gasteiger partial charge in [0.2, 0.25) is 0 Å². The van der Waals surface area contributed by atoms with E-state index in [0.717, 1.165) is 0 Å². The summed E-state index contributed by atoms with van der Waals surface area (Å²) in [4.78, 5) is 13.2. The number of unbranched alkanes of at least 4 members (excludes halogenated alkanes) is 6. The lowest BCUT2D eigenvalue weighted by molar-refractivity contribution is 0.0468. The first kappa shape index (κ1) is 20.3. The maximum absolute atomic E-state index is 11.7. The minimum atomic E-state index is -0.213. The van der Waals surface area contributed by atoms with E-state index in [9.17, 15) is 4.79 Å². The van der Waals surface area contributed by atoms with E-state index < -0.39 is 0 Å². The molecule has 0 bridgehead atoms. The first-order chi connectivity index (χ1) is 10.0. The van der Waals surface area contributed by atoms with E-state index in [1.165, 1.54) is 69.1 Å². The molecule has 0 fully saturated rings. The molecular weight excluding hydrogens is 262 g/mol. The minimum Gasteiger partial charge on any atom is -0.446 e. The summed E-state index contributed by atoms with van der Waals surface area (Å²) >= 11 is 0. The SMILES string of the molecule is CCCCCCC(CCCCCC)C(C)OC(=O)N(C)C. The molecule has 0 rings (SSSR count). The molecule has 0 N–H and O–H groups in total. The van der Waals surface area contributed by atoms with Crippen LogP contribution in [0.25, 0.3) is 0 Å². The van der Waals surface area contributed by atoms with Gasteiger partial charge in [0.1, 0.15) is 6.10 Å². The molecule has 0 saturated carbocycles. The first-order valence-corrected chi connectivity index (χ1v) is 8.90. The molecule has 0 spiro atoms. The third-order valence-corrected chi connectivity index (χ3v) is 4.17. The van der Waals surface area contributed by atoms with Crippen LogP contribution in [0.5, 0.6) is 0 Å². The Morgan fingerprint density at radius 2 is 1.38 bits per heavy atom. The Labute approximate surface area is 132 Å². The van der Waals surface area contributed by atoms with Crippen molar-refractivity contribution in [2.45, 2.75) is 91.1 Å². The molecule has 0 aliphatic carbocycles. The highest BCUT2D eigenvalue weighted by Gasteiger charge is 2.21. The highest BCUT2D eigenvalue weighted by atomic mass is 16.6. The number of carbonyl (C=O) groups excluding carboxylic acids is 1. The van der Waals surface area contributed by atoms with Crippen LogP contribution < -0.4 is 0 Å². The van der Waals surface area contributed by atoms with Crippen molar-refractivity contribution in [1.82, 2.24) is 4.90 Å². The third-order valence-electron chi connectivity index (χ3n) is 4.17. The van der Waals surface area contributed by atoms with Gasteiger partial charge in [0.15, 0.2) is 0 Å². The molecule has 0 saturated heterocycles. The quantitative estimate of drug-likeness (QED) is 0.437. The number of rotatable bonds is 12. The molecule has 1 unspecified atom stereocenters.